The molecule has 2 rings (SSSR count). The van der Waals surface area contributed by atoms with Gasteiger partial charge in [-0.2, -0.15) is 10.2 Å². The van der Waals surface area contributed by atoms with Gasteiger partial charge in [0.15, 0.2) is 23.0 Å². The van der Waals surface area contributed by atoms with Gasteiger partial charge in [0.1, 0.15) is 0 Å². The zero-order valence-electron chi connectivity index (χ0n) is 24.4. The highest BCUT2D eigenvalue weighted by Crippen LogP contribution is 2.35. The molecule has 0 atom stereocenters. The summed E-state index contributed by atoms with van der Waals surface area (Å²) in [6.45, 7) is 8.86. The normalized spacial score (nSPS) is 11.2. The largest absolute Gasteiger partial charge is 0.493 e. The number of nitrogens with one attached hydrogen (secondary N) is 2. The van der Waals surface area contributed by atoms with Crippen molar-refractivity contribution in [3.8, 4) is 23.0 Å². The lowest BCUT2D eigenvalue weighted by molar-refractivity contribution is -0.385. The fourth-order valence-corrected chi connectivity index (χ4v) is 3.35. The number of methoxy groups -OCH3 is 2. The van der Waals surface area contributed by atoms with E-state index in [1.54, 1.807) is 0 Å². The van der Waals surface area contributed by atoms with Crippen LogP contribution in [0.5, 0.6) is 23.0 Å². The Labute approximate surface area is 243 Å². The maximum absolute atomic E-state index is 12.2. The number of rotatable bonds is 16. The Morgan fingerprint density at radius 2 is 1.14 bits per heavy atom. The molecule has 2 amide bonds. The number of hydrogen-bond donors (Lipinski definition) is 2. The van der Waals surface area contributed by atoms with Gasteiger partial charge in [0.25, 0.3) is 11.4 Å². The van der Waals surface area contributed by atoms with E-state index in [-0.39, 0.29) is 45.5 Å². The van der Waals surface area contributed by atoms with Crippen LogP contribution in [0.25, 0.3) is 0 Å². The molecular formula is C27H36N6O9. The Morgan fingerprint density at radius 3 is 1.55 bits per heavy atom. The minimum Gasteiger partial charge on any atom is -0.493 e. The summed E-state index contributed by atoms with van der Waals surface area (Å²) in [6, 6.07) is 4.29. The molecule has 0 aliphatic carbocycles. The van der Waals surface area contributed by atoms with E-state index < -0.39 is 15.9 Å². The fourth-order valence-electron chi connectivity index (χ4n) is 3.35. The van der Waals surface area contributed by atoms with Crippen LogP contribution in [-0.4, -0.2) is 55.7 Å². The molecule has 42 heavy (non-hydrogen) atoms. The first-order chi connectivity index (χ1) is 20.0. The van der Waals surface area contributed by atoms with Crippen LogP contribution in [0.2, 0.25) is 0 Å². The van der Waals surface area contributed by atoms with E-state index >= 15 is 0 Å². The Balaban J connectivity index is 2.14. The highest BCUT2D eigenvalue weighted by molar-refractivity contribution is 5.89. The topological polar surface area (TPSA) is 189 Å². The highest BCUT2D eigenvalue weighted by Gasteiger charge is 2.20. The molecule has 0 saturated heterocycles. The standard InChI is InChI=1S/C27H36N6O9/c1-17(2)7-9-41-25-12-20(21(32(35)36)13-24(25)40-6)16-29-31-27(34)30-28-15-19-11-23(39-5)26(14-22(19)33(37)38)42-10-8-18(3)4/h11-18H,7-10H2,1-6H3,(H2,30,31,34)/b28-15+,29-16?. The number of amides is 2. The quantitative estimate of drug-likeness (QED) is 0.154. The molecule has 2 N–H and O–H groups in total. The van der Waals surface area contributed by atoms with Crippen LogP contribution in [0.3, 0.4) is 0 Å². The van der Waals surface area contributed by atoms with Gasteiger partial charge < -0.3 is 18.9 Å². The number of ether oxygens (including phenoxy) is 4. The number of benzene rings is 2. The number of nitro benzene ring substituents is 2. The first-order valence-electron chi connectivity index (χ1n) is 13.1. The summed E-state index contributed by atoms with van der Waals surface area (Å²) in [6.07, 6.45) is 3.65. The molecule has 2 aromatic carbocycles. The van der Waals surface area contributed by atoms with Gasteiger partial charge in [0.05, 0.1) is 73.0 Å². The SMILES string of the molecule is COc1cc([N+](=O)[O-])c(C=NNC(=O)N/N=C/c2cc(OC)c(OCCC(C)C)cc2[N+](=O)[O-])cc1OCCC(C)C. The third kappa shape index (κ3) is 10.2. The summed E-state index contributed by atoms with van der Waals surface area (Å²) in [5.74, 6) is 1.71. The van der Waals surface area contributed by atoms with Crippen LogP contribution in [0, 0.1) is 32.1 Å². The lowest BCUT2D eigenvalue weighted by atomic mass is 10.1. The molecule has 0 aromatic heterocycles. The van der Waals surface area contributed by atoms with E-state index in [4.69, 9.17) is 18.9 Å². The van der Waals surface area contributed by atoms with Gasteiger partial charge in [-0.15, -0.1) is 0 Å². The molecule has 0 aliphatic heterocycles. The maximum Gasteiger partial charge on any atom is 0.355 e. The van der Waals surface area contributed by atoms with E-state index in [1.807, 2.05) is 27.7 Å². The highest BCUT2D eigenvalue weighted by atomic mass is 16.6. The molecule has 0 heterocycles. The number of carbonyl (C=O) groups excluding carboxylic acids is 1. The van der Waals surface area contributed by atoms with Gasteiger partial charge >= 0.3 is 6.03 Å². The predicted molar refractivity (Wildman–Crippen MR) is 156 cm³/mol. The Bertz CT molecular complexity index is 1310. The van der Waals surface area contributed by atoms with E-state index in [1.165, 1.54) is 38.5 Å². The summed E-state index contributed by atoms with van der Waals surface area (Å²) in [4.78, 5) is 34.1. The van der Waals surface area contributed by atoms with Gasteiger partial charge in [-0.1, -0.05) is 27.7 Å². The predicted octanol–water partition coefficient (Wildman–Crippen LogP) is 5.04. The number of nitrogens with zero attached hydrogens (tertiary/aromatic N) is 4. The van der Waals surface area contributed by atoms with Crippen LogP contribution < -0.4 is 29.8 Å². The van der Waals surface area contributed by atoms with Crippen molar-refractivity contribution in [1.29, 1.82) is 0 Å². The van der Waals surface area contributed by atoms with Crippen LogP contribution in [0.1, 0.15) is 51.7 Å². The van der Waals surface area contributed by atoms with E-state index in [0.29, 0.717) is 25.0 Å². The van der Waals surface area contributed by atoms with Crippen LogP contribution in [-0.2, 0) is 0 Å². The third-order valence-corrected chi connectivity index (χ3v) is 5.66. The van der Waals surface area contributed by atoms with E-state index in [9.17, 15) is 25.0 Å². The average molecular weight is 589 g/mol. The van der Waals surface area contributed by atoms with Gasteiger partial charge in [-0.25, -0.2) is 15.6 Å². The first-order valence-corrected chi connectivity index (χ1v) is 13.1. The Hall–Kier alpha value is -4.95. The Kier molecular flexibility index (Phi) is 12.9. The molecule has 0 aliphatic rings. The monoisotopic (exact) mass is 588 g/mol. The van der Waals surface area contributed by atoms with Crippen molar-refractivity contribution in [2.24, 2.45) is 22.0 Å². The molecule has 2 aromatic rings. The summed E-state index contributed by atoms with van der Waals surface area (Å²) in [7, 11) is 2.77. The van der Waals surface area contributed by atoms with Crippen molar-refractivity contribution in [1.82, 2.24) is 10.9 Å². The molecule has 0 fully saturated rings. The second-order valence-corrected chi connectivity index (χ2v) is 9.77. The second-order valence-electron chi connectivity index (χ2n) is 9.77. The van der Waals surface area contributed by atoms with Crippen LogP contribution >= 0.6 is 0 Å². The fraction of sp³-hybridized carbons (Fsp3) is 0.444. The van der Waals surface area contributed by atoms with Crippen molar-refractivity contribution in [3.63, 3.8) is 0 Å². The number of carbonyl (C=O) groups is 1. The minimum atomic E-state index is -0.907. The number of hydrogen-bond acceptors (Lipinski definition) is 11. The molecule has 15 nitrogen and oxygen atoms in total. The van der Waals surface area contributed by atoms with E-state index in [0.717, 1.165) is 25.3 Å². The minimum absolute atomic E-state index is 0.0516. The smallest absolute Gasteiger partial charge is 0.355 e. The molecule has 0 bridgehead atoms. The summed E-state index contributed by atoms with van der Waals surface area (Å²) < 4.78 is 21.9. The molecular weight excluding hydrogens is 552 g/mol. The van der Waals surface area contributed by atoms with Crippen LogP contribution in [0.15, 0.2) is 34.5 Å². The molecule has 0 saturated carbocycles. The van der Waals surface area contributed by atoms with Gasteiger partial charge in [-0.05, 0) is 36.8 Å². The number of nitro groups is 2. The van der Waals surface area contributed by atoms with Crippen molar-refractivity contribution >= 4 is 29.8 Å². The molecule has 0 radical (unpaired) electrons. The molecule has 0 unspecified atom stereocenters. The van der Waals surface area contributed by atoms with Crippen molar-refractivity contribution in [2.75, 3.05) is 27.4 Å². The van der Waals surface area contributed by atoms with Crippen LogP contribution in [0.4, 0.5) is 16.2 Å². The number of urea groups is 1. The lowest BCUT2D eigenvalue weighted by Gasteiger charge is -2.12. The molecule has 228 valence electrons. The summed E-state index contributed by atoms with van der Waals surface area (Å²) in [5.41, 5.74) is 3.73. The molecule has 15 heteroatoms. The lowest BCUT2D eigenvalue weighted by Crippen LogP contribution is -2.28. The Morgan fingerprint density at radius 1 is 0.762 bits per heavy atom. The van der Waals surface area contributed by atoms with Crippen molar-refractivity contribution in [2.45, 2.75) is 40.5 Å². The first kappa shape index (κ1) is 33.3. The van der Waals surface area contributed by atoms with Crippen molar-refractivity contribution in [3.05, 3.63) is 55.6 Å². The van der Waals surface area contributed by atoms with E-state index in [2.05, 4.69) is 21.1 Å². The zero-order valence-corrected chi connectivity index (χ0v) is 24.4. The summed E-state index contributed by atoms with van der Waals surface area (Å²) >= 11 is 0. The maximum atomic E-state index is 12.2. The van der Waals surface area contributed by atoms with Gasteiger partial charge in [-0.3, -0.25) is 20.2 Å². The molecule has 0 spiro atoms. The van der Waals surface area contributed by atoms with Gasteiger partial charge in [0, 0.05) is 0 Å². The third-order valence-electron chi connectivity index (χ3n) is 5.66. The van der Waals surface area contributed by atoms with Crippen molar-refractivity contribution < 1.29 is 33.6 Å². The average Bonchev–Trinajstić information content (AvgIpc) is 2.92. The summed E-state index contributed by atoms with van der Waals surface area (Å²) in [5, 5.41) is 30.6. The zero-order chi connectivity index (χ0) is 31.2. The van der Waals surface area contributed by atoms with Gasteiger partial charge in [0.2, 0.25) is 0 Å². The second kappa shape index (κ2) is 16.3. The number of hydrazone groups is 2.